The molecule has 0 amide bonds. The van der Waals surface area contributed by atoms with Gasteiger partial charge in [-0.3, -0.25) is 0 Å². The average Bonchev–Trinajstić information content (AvgIpc) is 2.40. The van der Waals surface area contributed by atoms with Crippen molar-refractivity contribution < 1.29 is 10.0 Å². The zero-order chi connectivity index (χ0) is 12.3. The number of pyridine rings is 2. The number of hydrogen-bond acceptors (Lipinski definition) is 6. The average molecular weight is 229 g/mol. The van der Waals surface area contributed by atoms with Gasteiger partial charge in [-0.1, -0.05) is 12.1 Å². The van der Waals surface area contributed by atoms with Crippen molar-refractivity contribution in [3.8, 4) is 0 Å². The van der Waals surface area contributed by atoms with Crippen LogP contribution in [0.15, 0.2) is 59.0 Å². The summed E-state index contributed by atoms with van der Waals surface area (Å²) in [5, 5.41) is 21.9. The van der Waals surface area contributed by atoms with Crippen LogP contribution in [0, 0.1) is 0 Å². The Morgan fingerprint density at radius 2 is 1.24 bits per heavy atom. The van der Waals surface area contributed by atoms with Gasteiger partial charge in [-0.15, -0.1) is 10.2 Å². The summed E-state index contributed by atoms with van der Waals surface area (Å²) in [7, 11) is 0. The van der Waals surface area contributed by atoms with Gasteiger partial charge in [0.15, 0.2) is 11.6 Å². The van der Waals surface area contributed by atoms with Crippen LogP contribution >= 0.6 is 0 Å². The molecule has 0 fully saturated rings. The van der Waals surface area contributed by atoms with E-state index >= 15 is 0 Å². The van der Waals surface area contributed by atoms with Crippen LogP contribution < -0.4 is 0 Å². The molecule has 2 rings (SSSR count). The van der Waals surface area contributed by atoms with Crippen LogP contribution in [0.1, 0.15) is 0 Å². The van der Waals surface area contributed by atoms with E-state index in [0.29, 0.717) is 11.6 Å². The molecule has 0 saturated carbocycles. The molecule has 0 spiro atoms. The molecule has 85 valence electrons. The van der Waals surface area contributed by atoms with Crippen LogP contribution in [-0.4, -0.2) is 27.7 Å². The summed E-state index contributed by atoms with van der Waals surface area (Å²) in [4.78, 5) is 8.01. The smallest absolute Gasteiger partial charge is 0.429 e. The third-order valence-corrected chi connectivity index (χ3v) is 1.55. The summed E-state index contributed by atoms with van der Waals surface area (Å²) in [6.45, 7) is 0. The van der Waals surface area contributed by atoms with Crippen LogP contribution in [0.3, 0.4) is 0 Å². The van der Waals surface area contributed by atoms with Crippen molar-refractivity contribution in [2.75, 3.05) is 0 Å². The molecule has 7 heteroatoms. The van der Waals surface area contributed by atoms with Crippen LogP contribution in [-0.2, 0) is 0 Å². The summed E-state index contributed by atoms with van der Waals surface area (Å²) >= 11 is 0. The minimum absolute atomic E-state index is 0. The normalized spacial score (nSPS) is 9.53. The van der Waals surface area contributed by atoms with Gasteiger partial charge in [0.25, 0.3) is 0 Å². The number of nitrogens with zero attached hydrogens (tertiary/aromatic N) is 4. The molecular formula is C10H10BN4O2. The van der Waals surface area contributed by atoms with E-state index in [0.717, 1.165) is 0 Å². The quantitative estimate of drug-likeness (QED) is 0.601. The number of azo groups is 1. The lowest BCUT2D eigenvalue weighted by molar-refractivity contribution is 0.448. The second kappa shape index (κ2) is 8.09. The number of rotatable bonds is 2. The summed E-state index contributed by atoms with van der Waals surface area (Å²) in [5.74, 6) is 1.16. The number of hydrogen-bond donors (Lipinski definition) is 2. The van der Waals surface area contributed by atoms with E-state index in [1.54, 1.807) is 24.5 Å². The molecule has 0 aliphatic carbocycles. The maximum absolute atomic E-state index is 7.00. The SMILES string of the molecule is O[B]O.c1ccc(N=Nc2ccccn2)nc1. The van der Waals surface area contributed by atoms with Crippen molar-refractivity contribution in [2.45, 2.75) is 0 Å². The molecule has 17 heavy (non-hydrogen) atoms. The number of aromatic nitrogens is 2. The molecule has 0 aliphatic rings. The first-order valence-electron chi connectivity index (χ1n) is 4.70. The predicted molar refractivity (Wildman–Crippen MR) is 62.8 cm³/mol. The van der Waals surface area contributed by atoms with E-state index in [2.05, 4.69) is 20.2 Å². The minimum Gasteiger partial charge on any atom is -0.429 e. The minimum atomic E-state index is 0. The van der Waals surface area contributed by atoms with Crippen LogP contribution in [0.2, 0.25) is 0 Å². The second-order valence-corrected chi connectivity index (χ2v) is 2.69. The van der Waals surface area contributed by atoms with Crippen LogP contribution in [0.4, 0.5) is 11.6 Å². The highest BCUT2D eigenvalue weighted by Gasteiger charge is 1.88. The Morgan fingerprint density at radius 1 is 0.824 bits per heavy atom. The molecule has 0 aliphatic heterocycles. The van der Waals surface area contributed by atoms with Crippen molar-refractivity contribution in [2.24, 2.45) is 10.2 Å². The van der Waals surface area contributed by atoms with Gasteiger partial charge in [-0.25, -0.2) is 9.97 Å². The first-order valence-corrected chi connectivity index (χ1v) is 4.70. The Balaban J connectivity index is 0.000000437. The van der Waals surface area contributed by atoms with Crippen molar-refractivity contribution in [1.29, 1.82) is 0 Å². The third kappa shape index (κ3) is 5.50. The second-order valence-electron chi connectivity index (χ2n) is 2.69. The van der Waals surface area contributed by atoms with Gasteiger partial charge in [-0.05, 0) is 24.3 Å². The van der Waals surface area contributed by atoms with Gasteiger partial charge < -0.3 is 10.0 Å². The van der Waals surface area contributed by atoms with E-state index in [1.165, 1.54) is 0 Å². The maximum Gasteiger partial charge on any atom is 0.482 e. The fourth-order valence-corrected chi connectivity index (χ4v) is 0.928. The molecule has 0 unspecified atom stereocenters. The molecule has 1 radical (unpaired) electrons. The van der Waals surface area contributed by atoms with E-state index in [4.69, 9.17) is 10.0 Å². The Kier molecular flexibility index (Phi) is 6.16. The summed E-state index contributed by atoms with van der Waals surface area (Å²) in [6.07, 6.45) is 3.35. The van der Waals surface area contributed by atoms with Crippen molar-refractivity contribution in [1.82, 2.24) is 9.97 Å². The van der Waals surface area contributed by atoms with Gasteiger partial charge >= 0.3 is 7.69 Å². The van der Waals surface area contributed by atoms with E-state index in [-0.39, 0.29) is 7.69 Å². The molecule has 6 nitrogen and oxygen atoms in total. The van der Waals surface area contributed by atoms with Crippen molar-refractivity contribution in [3.05, 3.63) is 48.8 Å². The lowest BCUT2D eigenvalue weighted by Crippen LogP contribution is -1.75. The summed E-state index contributed by atoms with van der Waals surface area (Å²) < 4.78 is 0. The molecule has 2 heterocycles. The van der Waals surface area contributed by atoms with E-state index < -0.39 is 0 Å². The largest absolute Gasteiger partial charge is 0.482 e. The van der Waals surface area contributed by atoms with Gasteiger partial charge in [0.1, 0.15) is 0 Å². The van der Waals surface area contributed by atoms with E-state index in [1.807, 2.05) is 24.3 Å². The Morgan fingerprint density at radius 3 is 1.53 bits per heavy atom. The molecular weight excluding hydrogens is 219 g/mol. The molecule has 2 aromatic rings. The molecule has 0 atom stereocenters. The fourth-order valence-electron chi connectivity index (χ4n) is 0.928. The highest BCUT2D eigenvalue weighted by atomic mass is 16.4. The van der Waals surface area contributed by atoms with Crippen molar-refractivity contribution >= 4 is 19.3 Å². The Hall–Kier alpha value is -2.12. The first kappa shape index (κ1) is 13.0. The maximum atomic E-state index is 7.00. The van der Waals surface area contributed by atoms with Gasteiger partial charge in [-0.2, -0.15) is 0 Å². The zero-order valence-electron chi connectivity index (χ0n) is 8.88. The molecule has 0 saturated heterocycles. The van der Waals surface area contributed by atoms with Gasteiger partial charge in [0.2, 0.25) is 0 Å². The fraction of sp³-hybridized carbons (Fsp3) is 0. The van der Waals surface area contributed by atoms with Gasteiger partial charge in [0.05, 0.1) is 0 Å². The highest BCUT2D eigenvalue weighted by molar-refractivity contribution is 6.13. The third-order valence-electron chi connectivity index (χ3n) is 1.55. The van der Waals surface area contributed by atoms with E-state index in [9.17, 15) is 0 Å². The van der Waals surface area contributed by atoms with Crippen molar-refractivity contribution in [3.63, 3.8) is 0 Å². The summed E-state index contributed by atoms with van der Waals surface area (Å²) in [5.41, 5.74) is 0. The highest BCUT2D eigenvalue weighted by Crippen LogP contribution is 2.11. The molecule has 0 aromatic carbocycles. The molecule has 2 N–H and O–H groups in total. The summed E-state index contributed by atoms with van der Waals surface area (Å²) in [6, 6.07) is 11.0. The lowest BCUT2D eigenvalue weighted by Gasteiger charge is -1.89. The topological polar surface area (TPSA) is 91.0 Å². The molecule has 2 aromatic heterocycles. The predicted octanol–water partition coefficient (Wildman–Crippen LogP) is 1.40. The monoisotopic (exact) mass is 229 g/mol. The van der Waals surface area contributed by atoms with Gasteiger partial charge in [0, 0.05) is 12.4 Å². The molecule has 0 bridgehead atoms. The first-order chi connectivity index (χ1) is 8.36. The Bertz CT molecular complexity index is 397. The lowest BCUT2D eigenvalue weighted by atomic mass is 10.5. The zero-order valence-corrected chi connectivity index (χ0v) is 8.88. The van der Waals surface area contributed by atoms with Crippen LogP contribution in [0.25, 0.3) is 0 Å². The Labute approximate surface area is 99.0 Å². The van der Waals surface area contributed by atoms with Crippen LogP contribution in [0.5, 0.6) is 0 Å². The standard InChI is InChI=1S/C10H8N4.BH2O2/c1-3-7-11-9(5-1)13-14-10-6-2-4-8-12-10;2-1-3/h1-8H;2-3H.